The van der Waals surface area contributed by atoms with Crippen LogP contribution in [0, 0.1) is 29.1 Å². The van der Waals surface area contributed by atoms with Gasteiger partial charge in [0.25, 0.3) is 0 Å². The third kappa shape index (κ3) is 1.52. The maximum Gasteiger partial charge on any atom is 0.0135 e. The second kappa shape index (κ2) is 3.48. The SMILES string of the molecule is CC(I)C1(C)CC2CC(C1)C1CC=CC21. The quantitative estimate of drug-likeness (QED) is 0.381. The Bertz CT molecular complexity index is 294. The highest BCUT2D eigenvalue weighted by Gasteiger charge is 2.52. The third-order valence-corrected chi connectivity index (χ3v) is 6.94. The molecule has 0 N–H and O–H groups in total. The summed E-state index contributed by atoms with van der Waals surface area (Å²) in [6.07, 6.45) is 10.9. The average molecular weight is 316 g/mol. The van der Waals surface area contributed by atoms with E-state index in [1.165, 1.54) is 19.3 Å². The van der Waals surface area contributed by atoms with Crippen molar-refractivity contribution in [2.45, 2.75) is 43.5 Å². The Morgan fingerprint density at radius 1 is 1.33 bits per heavy atom. The summed E-state index contributed by atoms with van der Waals surface area (Å²) in [5.41, 5.74) is 0.631. The molecule has 3 aliphatic carbocycles. The van der Waals surface area contributed by atoms with Crippen LogP contribution in [-0.4, -0.2) is 3.92 Å². The third-order valence-electron chi connectivity index (χ3n) is 5.43. The molecule has 1 heteroatoms. The second-order valence-electron chi connectivity index (χ2n) is 6.34. The Hall–Kier alpha value is 0.470. The van der Waals surface area contributed by atoms with Crippen LogP contribution in [0.4, 0.5) is 0 Å². The van der Waals surface area contributed by atoms with Gasteiger partial charge in [-0.25, -0.2) is 0 Å². The van der Waals surface area contributed by atoms with Crippen LogP contribution in [0.15, 0.2) is 12.2 Å². The van der Waals surface area contributed by atoms with Gasteiger partial charge in [0.1, 0.15) is 0 Å². The molecule has 0 spiro atoms. The summed E-state index contributed by atoms with van der Waals surface area (Å²) in [6, 6.07) is 0. The van der Waals surface area contributed by atoms with E-state index < -0.39 is 0 Å². The molecule has 2 saturated carbocycles. The van der Waals surface area contributed by atoms with Crippen molar-refractivity contribution < 1.29 is 0 Å². The fourth-order valence-electron chi connectivity index (χ4n) is 4.49. The molecule has 2 bridgehead atoms. The number of alkyl halides is 1. The Kier molecular flexibility index (Phi) is 2.46. The first-order valence-corrected chi connectivity index (χ1v) is 7.65. The molecule has 15 heavy (non-hydrogen) atoms. The van der Waals surface area contributed by atoms with Crippen molar-refractivity contribution >= 4 is 22.6 Å². The number of hydrogen-bond acceptors (Lipinski definition) is 0. The van der Waals surface area contributed by atoms with Gasteiger partial charge in [-0.1, -0.05) is 48.6 Å². The minimum Gasteiger partial charge on any atom is -0.0879 e. The van der Waals surface area contributed by atoms with Crippen LogP contribution < -0.4 is 0 Å². The smallest absolute Gasteiger partial charge is 0.0135 e. The lowest BCUT2D eigenvalue weighted by molar-refractivity contribution is 0.145. The van der Waals surface area contributed by atoms with Gasteiger partial charge in [-0.05, 0) is 54.8 Å². The second-order valence-corrected chi connectivity index (χ2v) is 8.21. The van der Waals surface area contributed by atoms with E-state index in [4.69, 9.17) is 0 Å². The minimum atomic E-state index is 0.631. The molecule has 0 aromatic heterocycles. The predicted octanol–water partition coefficient (Wildman–Crippen LogP) is 4.44. The Morgan fingerprint density at radius 2 is 2.07 bits per heavy atom. The molecule has 3 rings (SSSR count). The number of rotatable bonds is 1. The van der Waals surface area contributed by atoms with Gasteiger partial charge in [0.15, 0.2) is 0 Å². The van der Waals surface area contributed by atoms with E-state index in [1.807, 2.05) is 0 Å². The van der Waals surface area contributed by atoms with E-state index >= 15 is 0 Å². The fraction of sp³-hybridized carbons (Fsp3) is 0.857. The molecule has 2 fully saturated rings. The van der Waals surface area contributed by atoms with Gasteiger partial charge < -0.3 is 0 Å². The lowest BCUT2D eigenvalue weighted by Gasteiger charge is -2.41. The Morgan fingerprint density at radius 3 is 2.80 bits per heavy atom. The van der Waals surface area contributed by atoms with Crippen LogP contribution in [0.3, 0.4) is 0 Å². The Balaban J connectivity index is 1.86. The molecule has 6 unspecified atom stereocenters. The van der Waals surface area contributed by atoms with Gasteiger partial charge in [0.05, 0.1) is 0 Å². The number of halogens is 1. The molecule has 84 valence electrons. The van der Waals surface area contributed by atoms with Crippen molar-refractivity contribution in [1.82, 2.24) is 0 Å². The average Bonchev–Trinajstić information content (AvgIpc) is 2.71. The van der Waals surface area contributed by atoms with Crippen LogP contribution in [0.1, 0.15) is 39.5 Å². The molecule has 0 aromatic rings. The number of allylic oxidation sites excluding steroid dienone is 2. The van der Waals surface area contributed by atoms with Crippen LogP contribution in [-0.2, 0) is 0 Å². The van der Waals surface area contributed by atoms with Crippen molar-refractivity contribution in [2.75, 3.05) is 0 Å². The van der Waals surface area contributed by atoms with Gasteiger partial charge in [-0.3, -0.25) is 0 Å². The molecule has 0 aromatic carbocycles. The van der Waals surface area contributed by atoms with E-state index in [0.29, 0.717) is 5.41 Å². The van der Waals surface area contributed by atoms with E-state index in [0.717, 1.165) is 27.6 Å². The number of hydrogen-bond donors (Lipinski definition) is 0. The van der Waals surface area contributed by atoms with Crippen molar-refractivity contribution in [3.05, 3.63) is 12.2 Å². The molecule has 0 aliphatic heterocycles. The largest absolute Gasteiger partial charge is 0.0879 e. The molecule has 3 aliphatic rings. The molecule has 0 radical (unpaired) electrons. The summed E-state index contributed by atoms with van der Waals surface area (Å²) in [6.45, 7) is 4.95. The van der Waals surface area contributed by atoms with Crippen LogP contribution in [0.25, 0.3) is 0 Å². The molecular weight excluding hydrogens is 295 g/mol. The van der Waals surface area contributed by atoms with Gasteiger partial charge in [-0.2, -0.15) is 0 Å². The maximum atomic E-state index is 2.65. The summed E-state index contributed by atoms with van der Waals surface area (Å²) in [4.78, 5) is 0. The van der Waals surface area contributed by atoms with E-state index in [1.54, 1.807) is 6.42 Å². The van der Waals surface area contributed by atoms with Gasteiger partial charge in [0, 0.05) is 3.92 Å². The first-order chi connectivity index (χ1) is 7.10. The standard InChI is InChI=1S/C14H21I/c1-9(15)14(2)7-10-6-11(8-14)13-5-3-4-12(10)13/h3-4,9-13H,5-8H2,1-2H3. The molecule has 0 nitrogen and oxygen atoms in total. The van der Waals surface area contributed by atoms with Crippen LogP contribution in [0.2, 0.25) is 0 Å². The maximum absolute atomic E-state index is 2.65. The summed E-state index contributed by atoms with van der Waals surface area (Å²) < 4.78 is 0.836. The van der Waals surface area contributed by atoms with Crippen molar-refractivity contribution in [3.63, 3.8) is 0 Å². The zero-order chi connectivity index (χ0) is 10.6. The molecule has 0 heterocycles. The normalized spacial score (nSPS) is 54.3. The minimum absolute atomic E-state index is 0.631. The lowest BCUT2D eigenvalue weighted by atomic mass is 9.67. The van der Waals surface area contributed by atoms with Crippen molar-refractivity contribution in [3.8, 4) is 0 Å². The zero-order valence-electron chi connectivity index (χ0n) is 9.75. The van der Waals surface area contributed by atoms with Gasteiger partial charge >= 0.3 is 0 Å². The summed E-state index contributed by atoms with van der Waals surface area (Å²) in [5.74, 6) is 4.07. The van der Waals surface area contributed by atoms with Crippen LogP contribution in [0.5, 0.6) is 0 Å². The van der Waals surface area contributed by atoms with Crippen LogP contribution >= 0.6 is 22.6 Å². The molecular formula is C14H21I. The fourth-order valence-corrected chi connectivity index (χ4v) is 5.00. The summed E-state index contributed by atoms with van der Waals surface area (Å²) in [7, 11) is 0. The van der Waals surface area contributed by atoms with Crippen molar-refractivity contribution in [1.29, 1.82) is 0 Å². The molecule has 6 atom stereocenters. The predicted molar refractivity (Wildman–Crippen MR) is 73.2 cm³/mol. The zero-order valence-corrected chi connectivity index (χ0v) is 11.9. The van der Waals surface area contributed by atoms with Gasteiger partial charge in [0.2, 0.25) is 0 Å². The van der Waals surface area contributed by atoms with E-state index in [9.17, 15) is 0 Å². The van der Waals surface area contributed by atoms with E-state index in [2.05, 4.69) is 48.6 Å². The molecule has 0 saturated heterocycles. The van der Waals surface area contributed by atoms with Crippen molar-refractivity contribution in [2.24, 2.45) is 29.1 Å². The number of fused-ring (bicyclic) bond motifs is 5. The highest BCUT2D eigenvalue weighted by Crippen LogP contribution is 2.60. The highest BCUT2D eigenvalue weighted by molar-refractivity contribution is 14.1. The first kappa shape index (κ1) is 10.6. The summed E-state index contributed by atoms with van der Waals surface area (Å²) in [5, 5.41) is 0. The highest BCUT2D eigenvalue weighted by atomic mass is 127. The summed E-state index contributed by atoms with van der Waals surface area (Å²) >= 11 is 2.65. The van der Waals surface area contributed by atoms with Gasteiger partial charge in [-0.15, -0.1) is 0 Å². The molecule has 0 amide bonds. The first-order valence-electron chi connectivity index (χ1n) is 6.41. The Labute approximate surface area is 107 Å². The van der Waals surface area contributed by atoms with E-state index in [-0.39, 0.29) is 0 Å². The monoisotopic (exact) mass is 316 g/mol. The topological polar surface area (TPSA) is 0 Å². The lowest BCUT2D eigenvalue weighted by Crippen LogP contribution is -2.33.